The van der Waals surface area contributed by atoms with Crippen LogP contribution in [0.25, 0.3) is 0 Å². The monoisotopic (exact) mass is 375 g/mol. The smallest absolute Gasteiger partial charge is 0.237 e. The molecule has 1 saturated heterocycles. The van der Waals surface area contributed by atoms with Gasteiger partial charge in [-0.1, -0.05) is 30.3 Å². The lowest BCUT2D eigenvalue weighted by Gasteiger charge is -2.19. The Kier molecular flexibility index (Phi) is 4.04. The number of fused-ring (bicyclic) bond motifs is 5. The van der Waals surface area contributed by atoms with E-state index in [1.807, 2.05) is 18.2 Å². The van der Waals surface area contributed by atoms with Crippen molar-refractivity contribution in [2.75, 3.05) is 11.5 Å². The zero-order chi connectivity index (χ0) is 19.3. The van der Waals surface area contributed by atoms with E-state index in [0.29, 0.717) is 28.8 Å². The van der Waals surface area contributed by atoms with Crippen molar-refractivity contribution in [1.29, 1.82) is 0 Å². The predicted molar refractivity (Wildman–Crippen MR) is 103 cm³/mol. The number of hydrogen-bond acceptors (Lipinski definition) is 4. The number of rotatable bonds is 5. The minimum absolute atomic E-state index is 0.0462. The highest BCUT2D eigenvalue weighted by Crippen LogP contribution is 2.56. The van der Waals surface area contributed by atoms with E-state index in [1.54, 1.807) is 36.4 Å². The van der Waals surface area contributed by atoms with Crippen LogP contribution in [0.4, 0.5) is 5.69 Å². The Bertz CT molecular complexity index is 909. The number of ether oxygens (including phenoxy) is 1. The number of amides is 2. The second-order valence-corrected chi connectivity index (χ2v) is 7.97. The predicted octanol–water partition coefficient (Wildman–Crippen LogP) is 3.48. The molecular weight excluding hydrogens is 354 g/mol. The summed E-state index contributed by atoms with van der Waals surface area (Å²) >= 11 is 0. The van der Waals surface area contributed by atoms with Gasteiger partial charge in [-0.2, -0.15) is 0 Å². The van der Waals surface area contributed by atoms with E-state index in [1.165, 1.54) is 4.90 Å². The first kappa shape index (κ1) is 17.2. The van der Waals surface area contributed by atoms with E-state index in [0.717, 1.165) is 19.3 Å². The van der Waals surface area contributed by atoms with Gasteiger partial charge in [0.1, 0.15) is 5.75 Å². The Morgan fingerprint density at radius 3 is 2.11 bits per heavy atom. The molecule has 2 amide bonds. The molecule has 2 aliphatic carbocycles. The second kappa shape index (κ2) is 6.59. The number of benzene rings is 2. The highest BCUT2D eigenvalue weighted by molar-refractivity contribution is 6.22. The molecule has 28 heavy (non-hydrogen) atoms. The van der Waals surface area contributed by atoms with Gasteiger partial charge in [-0.05, 0) is 55.4 Å². The topological polar surface area (TPSA) is 63.7 Å². The third-order valence-electron chi connectivity index (χ3n) is 6.49. The van der Waals surface area contributed by atoms with Crippen LogP contribution >= 0.6 is 0 Å². The summed E-state index contributed by atoms with van der Waals surface area (Å²) in [5, 5.41) is 0. The third-order valence-corrected chi connectivity index (χ3v) is 6.49. The summed E-state index contributed by atoms with van der Waals surface area (Å²) < 4.78 is 5.57. The van der Waals surface area contributed by atoms with Crippen LogP contribution in [0.15, 0.2) is 54.6 Å². The van der Waals surface area contributed by atoms with E-state index in [4.69, 9.17) is 4.74 Å². The molecule has 0 unspecified atom stereocenters. The molecule has 2 aromatic carbocycles. The number of nitrogens with zero attached hydrogens (tertiary/aromatic N) is 1. The average Bonchev–Trinajstić information content (AvgIpc) is 3.41. The number of hydrogen-bond donors (Lipinski definition) is 0. The molecule has 0 radical (unpaired) electrons. The highest BCUT2D eigenvalue weighted by Gasteiger charge is 2.61. The average molecular weight is 375 g/mol. The quantitative estimate of drug-likeness (QED) is 0.593. The highest BCUT2D eigenvalue weighted by atomic mass is 16.5. The number of ketones is 1. The fourth-order valence-electron chi connectivity index (χ4n) is 5.21. The van der Waals surface area contributed by atoms with Crippen molar-refractivity contribution in [2.24, 2.45) is 23.7 Å². The maximum absolute atomic E-state index is 12.9. The van der Waals surface area contributed by atoms with Crippen LogP contribution in [0.1, 0.15) is 29.6 Å². The van der Waals surface area contributed by atoms with E-state index >= 15 is 0 Å². The molecule has 5 heteroatoms. The molecule has 142 valence electrons. The molecule has 2 saturated carbocycles. The van der Waals surface area contributed by atoms with Gasteiger partial charge in [-0.25, -0.2) is 0 Å². The van der Waals surface area contributed by atoms with Crippen molar-refractivity contribution in [3.8, 4) is 5.75 Å². The van der Waals surface area contributed by atoms with Crippen LogP contribution in [-0.4, -0.2) is 24.2 Å². The van der Waals surface area contributed by atoms with Crippen LogP contribution < -0.4 is 9.64 Å². The standard InChI is InChI=1S/C23H21NO4/c25-19(14-4-2-1-3-5-14)13-28-18-10-8-17(9-11-18)24-22(26)20-15-6-7-16(12-15)21(20)23(24)27/h1-5,8-11,15-16,20-21H,6-7,12-13H2/t15-,16-,20-,21-/m0/s1. The molecule has 5 rings (SSSR count). The van der Waals surface area contributed by atoms with E-state index in [9.17, 15) is 14.4 Å². The summed E-state index contributed by atoms with van der Waals surface area (Å²) in [6, 6.07) is 15.8. The van der Waals surface area contributed by atoms with Crippen molar-refractivity contribution in [1.82, 2.24) is 0 Å². The second-order valence-electron chi connectivity index (χ2n) is 7.97. The molecule has 5 nitrogen and oxygen atoms in total. The molecule has 3 fully saturated rings. The van der Waals surface area contributed by atoms with Crippen molar-refractivity contribution >= 4 is 23.3 Å². The minimum Gasteiger partial charge on any atom is -0.485 e. The Morgan fingerprint density at radius 1 is 0.893 bits per heavy atom. The normalized spacial score (nSPS) is 27.9. The maximum atomic E-state index is 12.9. The summed E-state index contributed by atoms with van der Waals surface area (Å²) in [5.41, 5.74) is 1.19. The molecule has 0 N–H and O–H groups in total. The lowest BCUT2D eigenvalue weighted by atomic mass is 9.81. The van der Waals surface area contributed by atoms with Crippen LogP contribution in [0.2, 0.25) is 0 Å². The number of anilines is 1. The summed E-state index contributed by atoms with van der Waals surface area (Å²) in [6.45, 7) is -0.0571. The summed E-state index contributed by atoms with van der Waals surface area (Å²) in [6.07, 6.45) is 3.17. The van der Waals surface area contributed by atoms with E-state index in [-0.39, 0.29) is 36.0 Å². The molecule has 4 atom stereocenters. The fourth-order valence-corrected chi connectivity index (χ4v) is 5.21. The van der Waals surface area contributed by atoms with Crippen molar-refractivity contribution < 1.29 is 19.1 Å². The third kappa shape index (κ3) is 2.65. The lowest BCUT2D eigenvalue weighted by molar-refractivity contribution is -0.123. The van der Waals surface area contributed by atoms with Crippen LogP contribution in [0, 0.1) is 23.7 Å². The Morgan fingerprint density at radius 2 is 1.50 bits per heavy atom. The zero-order valence-electron chi connectivity index (χ0n) is 15.4. The zero-order valence-corrected chi connectivity index (χ0v) is 15.4. The molecule has 1 heterocycles. The number of carbonyl (C=O) groups is 3. The lowest BCUT2D eigenvalue weighted by Crippen LogP contribution is -2.32. The van der Waals surface area contributed by atoms with Gasteiger partial charge in [-0.3, -0.25) is 19.3 Å². The molecular formula is C23H21NO4. The first-order valence-corrected chi connectivity index (χ1v) is 9.82. The van der Waals surface area contributed by atoms with Gasteiger partial charge in [-0.15, -0.1) is 0 Å². The first-order chi connectivity index (χ1) is 13.6. The van der Waals surface area contributed by atoms with Gasteiger partial charge in [0.15, 0.2) is 12.4 Å². The van der Waals surface area contributed by atoms with E-state index < -0.39 is 0 Å². The van der Waals surface area contributed by atoms with Crippen molar-refractivity contribution in [3.63, 3.8) is 0 Å². The van der Waals surface area contributed by atoms with Gasteiger partial charge in [0, 0.05) is 5.56 Å². The SMILES string of the molecule is O=C(COc1ccc(N2C(=O)[C@H]3[C@H]4CC[C@@H](C4)[C@@H]3C2=O)cc1)c1ccccc1. The van der Waals surface area contributed by atoms with Crippen LogP contribution in [0.3, 0.4) is 0 Å². The molecule has 3 aliphatic rings. The summed E-state index contributed by atoms with van der Waals surface area (Å²) in [7, 11) is 0. The van der Waals surface area contributed by atoms with Crippen molar-refractivity contribution in [3.05, 3.63) is 60.2 Å². The van der Waals surface area contributed by atoms with E-state index in [2.05, 4.69) is 0 Å². The molecule has 2 aromatic rings. The van der Waals surface area contributed by atoms with Gasteiger partial charge in [0.2, 0.25) is 11.8 Å². The maximum Gasteiger partial charge on any atom is 0.237 e. The van der Waals surface area contributed by atoms with Crippen molar-refractivity contribution in [2.45, 2.75) is 19.3 Å². The first-order valence-electron chi connectivity index (χ1n) is 9.82. The summed E-state index contributed by atoms with van der Waals surface area (Å²) in [4.78, 5) is 39.2. The Balaban J connectivity index is 1.27. The largest absolute Gasteiger partial charge is 0.485 e. The minimum atomic E-state index is -0.120. The summed E-state index contributed by atoms with van der Waals surface area (Å²) in [5.74, 6) is 0.859. The number of Topliss-reactive ketones (excluding diaryl/α,β-unsaturated/α-hetero) is 1. The van der Waals surface area contributed by atoms with Gasteiger partial charge >= 0.3 is 0 Å². The molecule has 2 bridgehead atoms. The molecule has 0 aromatic heterocycles. The van der Waals surface area contributed by atoms with Crippen LogP contribution in [0.5, 0.6) is 5.75 Å². The number of carbonyl (C=O) groups excluding carboxylic acids is 3. The fraction of sp³-hybridized carbons (Fsp3) is 0.348. The van der Waals surface area contributed by atoms with Gasteiger partial charge < -0.3 is 4.74 Å². The number of imide groups is 1. The molecule has 0 spiro atoms. The van der Waals surface area contributed by atoms with Gasteiger partial charge in [0.25, 0.3) is 0 Å². The Labute approximate surface area is 163 Å². The van der Waals surface area contributed by atoms with Crippen LogP contribution in [-0.2, 0) is 9.59 Å². The Hall–Kier alpha value is -2.95. The van der Waals surface area contributed by atoms with Gasteiger partial charge in [0.05, 0.1) is 17.5 Å². The molecule has 1 aliphatic heterocycles.